The van der Waals surface area contributed by atoms with Gasteiger partial charge in [0.05, 0.1) is 36.3 Å². The van der Waals surface area contributed by atoms with E-state index in [2.05, 4.69) is 15.4 Å². The molecule has 9 nitrogen and oxygen atoms in total. The van der Waals surface area contributed by atoms with Crippen LogP contribution in [0.3, 0.4) is 0 Å². The zero-order chi connectivity index (χ0) is 20.3. The van der Waals surface area contributed by atoms with Crippen molar-refractivity contribution in [3.63, 3.8) is 0 Å². The van der Waals surface area contributed by atoms with Crippen molar-refractivity contribution in [2.75, 3.05) is 5.32 Å². The van der Waals surface area contributed by atoms with Crippen LogP contribution >= 0.6 is 0 Å². The maximum absolute atomic E-state index is 13.7. The van der Waals surface area contributed by atoms with E-state index in [1.54, 1.807) is 6.07 Å². The van der Waals surface area contributed by atoms with Crippen LogP contribution in [0.1, 0.15) is 11.1 Å². The van der Waals surface area contributed by atoms with Crippen LogP contribution in [0.5, 0.6) is 0 Å². The quantitative estimate of drug-likeness (QED) is 0.656. The van der Waals surface area contributed by atoms with E-state index in [9.17, 15) is 17.6 Å². The number of hydrogen-bond acceptors (Lipinski definition) is 6. The third kappa shape index (κ3) is 4.20. The summed E-state index contributed by atoms with van der Waals surface area (Å²) in [6.07, 6.45) is 3.48. The fourth-order valence-electron chi connectivity index (χ4n) is 2.40. The first-order chi connectivity index (χ1) is 13.3. The van der Waals surface area contributed by atoms with Crippen molar-refractivity contribution in [3.05, 3.63) is 65.9 Å². The van der Waals surface area contributed by atoms with Gasteiger partial charge in [0.15, 0.2) is 5.82 Å². The Hall–Kier alpha value is -3.62. The van der Waals surface area contributed by atoms with E-state index in [0.717, 1.165) is 10.7 Å². The highest BCUT2D eigenvalue weighted by Gasteiger charge is 2.19. The molecule has 1 amide bonds. The van der Waals surface area contributed by atoms with Crippen molar-refractivity contribution < 1.29 is 17.6 Å². The van der Waals surface area contributed by atoms with Gasteiger partial charge in [0.2, 0.25) is 15.9 Å². The largest absolute Gasteiger partial charge is 0.324 e. The van der Waals surface area contributed by atoms with Gasteiger partial charge in [0.1, 0.15) is 16.8 Å². The van der Waals surface area contributed by atoms with E-state index >= 15 is 0 Å². The van der Waals surface area contributed by atoms with Crippen LogP contribution in [0, 0.1) is 17.1 Å². The molecule has 0 aliphatic rings. The number of pyridine rings is 1. The predicted molar refractivity (Wildman–Crippen MR) is 96.2 cm³/mol. The van der Waals surface area contributed by atoms with Gasteiger partial charge >= 0.3 is 0 Å². The zero-order valence-electron chi connectivity index (χ0n) is 14.2. The number of sulfonamides is 1. The van der Waals surface area contributed by atoms with Crippen molar-refractivity contribution in [3.8, 4) is 11.9 Å². The highest BCUT2D eigenvalue weighted by Crippen LogP contribution is 2.21. The second-order valence-corrected chi connectivity index (χ2v) is 7.22. The second kappa shape index (κ2) is 7.55. The molecule has 0 aliphatic carbocycles. The Morgan fingerprint density at radius 2 is 2.07 bits per heavy atom. The van der Waals surface area contributed by atoms with Crippen molar-refractivity contribution in [1.82, 2.24) is 14.8 Å². The van der Waals surface area contributed by atoms with Crippen LogP contribution in [0.2, 0.25) is 0 Å². The molecule has 0 spiro atoms. The minimum atomic E-state index is -4.22. The minimum Gasteiger partial charge on any atom is -0.324 e. The smallest absolute Gasteiger partial charge is 0.241 e. The summed E-state index contributed by atoms with van der Waals surface area (Å²) in [4.78, 5) is 15.7. The molecule has 2 heterocycles. The molecule has 0 bridgehead atoms. The van der Waals surface area contributed by atoms with Crippen LogP contribution < -0.4 is 10.5 Å². The average Bonchev–Trinajstić information content (AvgIpc) is 3.12. The molecular formula is C17H13FN6O3S. The van der Waals surface area contributed by atoms with Crippen LogP contribution in [0.25, 0.3) is 5.82 Å². The molecule has 28 heavy (non-hydrogen) atoms. The summed E-state index contributed by atoms with van der Waals surface area (Å²) in [5, 5.41) is 20.4. The number of aromatic nitrogens is 3. The van der Waals surface area contributed by atoms with Gasteiger partial charge in [0, 0.05) is 0 Å². The Labute approximate surface area is 159 Å². The molecule has 11 heteroatoms. The molecule has 3 rings (SSSR count). The Bertz CT molecular complexity index is 1200. The highest BCUT2D eigenvalue weighted by molar-refractivity contribution is 7.89. The Balaban J connectivity index is 1.90. The first-order valence-electron chi connectivity index (χ1n) is 7.79. The number of anilines is 1. The number of primary sulfonamides is 1. The van der Waals surface area contributed by atoms with E-state index in [4.69, 9.17) is 10.4 Å². The number of carbonyl (C=O) groups is 1. The van der Waals surface area contributed by atoms with Crippen LogP contribution in [0.4, 0.5) is 10.1 Å². The number of amides is 1. The monoisotopic (exact) mass is 400 g/mol. The number of benzene rings is 1. The van der Waals surface area contributed by atoms with E-state index in [1.165, 1.54) is 36.8 Å². The fraction of sp³-hybridized carbons (Fsp3) is 0.0588. The van der Waals surface area contributed by atoms with Crippen molar-refractivity contribution in [2.24, 2.45) is 5.14 Å². The number of nitrogens with two attached hydrogens (primary N) is 1. The summed E-state index contributed by atoms with van der Waals surface area (Å²) in [6, 6.07) is 8.78. The number of rotatable bonds is 5. The molecule has 0 saturated carbocycles. The Morgan fingerprint density at radius 3 is 2.71 bits per heavy atom. The van der Waals surface area contributed by atoms with E-state index < -0.39 is 26.6 Å². The first-order valence-corrected chi connectivity index (χ1v) is 9.34. The second-order valence-electron chi connectivity index (χ2n) is 5.69. The first kappa shape index (κ1) is 19.2. The lowest BCUT2D eigenvalue weighted by Crippen LogP contribution is -2.19. The predicted octanol–water partition coefficient (Wildman–Crippen LogP) is 1.11. The minimum absolute atomic E-state index is 0.0572. The summed E-state index contributed by atoms with van der Waals surface area (Å²) in [5.41, 5.74) is 0.447. The number of nitrogens with zero attached hydrogens (tertiary/aromatic N) is 4. The topological polar surface area (TPSA) is 144 Å². The van der Waals surface area contributed by atoms with Gasteiger partial charge in [-0.3, -0.25) is 4.79 Å². The zero-order valence-corrected chi connectivity index (χ0v) is 15.0. The van der Waals surface area contributed by atoms with E-state index in [0.29, 0.717) is 0 Å². The molecule has 0 saturated heterocycles. The molecule has 3 aromatic rings. The van der Waals surface area contributed by atoms with Gasteiger partial charge < -0.3 is 5.32 Å². The average molecular weight is 400 g/mol. The SMILES string of the molecule is N#Cc1cnn(-c2ncc(NC(=O)Cc3ccccc3F)cc2S(N)(=O)=O)c1. The van der Waals surface area contributed by atoms with Gasteiger partial charge in [-0.25, -0.2) is 27.6 Å². The number of hydrogen-bond donors (Lipinski definition) is 2. The number of nitriles is 1. The van der Waals surface area contributed by atoms with E-state index in [-0.39, 0.29) is 29.1 Å². The van der Waals surface area contributed by atoms with Crippen molar-refractivity contribution in [1.29, 1.82) is 5.26 Å². The van der Waals surface area contributed by atoms with Crippen molar-refractivity contribution >= 4 is 21.6 Å². The molecule has 1 aromatic carbocycles. The van der Waals surface area contributed by atoms with Gasteiger partial charge in [-0.05, 0) is 17.7 Å². The standard InChI is InChI=1S/C17H13FN6O3S/c18-14-4-2-1-3-12(14)5-16(25)23-13-6-15(28(20,26)27)17(21-9-13)24-10-11(7-19)8-22-24/h1-4,6,8-10H,5H2,(H,23,25)(H2,20,26,27). The summed E-state index contributed by atoms with van der Waals surface area (Å²) < 4.78 is 38.6. The molecule has 2 aromatic heterocycles. The summed E-state index contributed by atoms with van der Waals surface area (Å²) in [6.45, 7) is 0. The van der Waals surface area contributed by atoms with Crippen LogP contribution in [-0.2, 0) is 21.2 Å². The molecular weight excluding hydrogens is 387 g/mol. The lowest BCUT2D eigenvalue weighted by atomic mass is 10.1. The number of halogens is 1. The fourth-order valence-corrected chi connectivity index (χ4v) is 3.10. The lowest BCUT2D eigenvalue weighted by molar-refractivity contribution is -0.115. The summed E-state index contributed by atoms with van der Waals surface area (Å²) in [5.74, 6) is -1.22. The third-order valence-electron chi connectivity index (χ3n) is 3.66. The Morgan fingerprint density at radius 1 is 1.32 bits per heavy atom. The maximum Gasteiger partial charge on any atom is 0.241 e. The van der Waals surface area contributed by atoms with Crippen LogP contribution in [-0.4, -0.2) is 29.1 Å². The van der Waals surface area contributed by atoms with Crippen LogP contribution in [0.15, 0.2) is 53.8 Å². The van der Waals surface area contributed by atoms with Gasteiger partial charge in [-0.2, -0.15) is 10.4 Å². The summed E-state index contributed by atoms with van der Waals surface area (Å²) >= 11 is 0. The normalized spacial score (nSPS) is 11.0. The summed E-state index contributed by atoms with van der Waals surface area (Å²) in [7, 11) is -4.22. The maximum atomic E-state index is 13.7. The molecule has 0 radical (unpaired) electrons. The molecule has 3 N–H and O–H groups in total. The Kier molecular flexibility index (Phi) is 5.16. The molecule has 0 unspecified atom stereocenters. The van der Waals surface area contributed by atoms with Gasteiger partial charge in [-0.15, -0.1) is 0 Å². The number of carbonyl (C=O) groups excluding carboxylic acids is 1. The van der Waals surface area contributed by atoms with Gasteiger partial charge in [-0.1, -0.05) is 18.2 Å². The molecule has 0 fully saturated rings. The van der Waals surface area contributed by atoms with E-state index in [1.807, 2.05) is 6.07 Å². The number of nitrogens with one attached hydrogen (secondary N) is 1. The lowest BCUT2D eigenvalue weighted by Gasteiger charge is -2.10. The molecule has 0 aliphatic heterocycles. The molecule has 0 atom stereocenters. The van der Waals surface area contributed by atoms with Crippen molar-refractivity contribution in [2.45, 2.75) is 11.3 Å². The van der Waals surface area contributed by atoms with Gasteiger partial charge in [0.25, 0.3) is 0 Å². The third-order valence-corrected chi connectivity index (χ3v) is 4.57. The highest BCUT2D eigenvalue weighted by atomic mass is 32.2. The molecule has 142 valence electrons.